The number of carbonyl (C=O) groups is 2. The Hall–Kier alpha value is -2.62. The Kier molecular flexibility index (Phi) is 3.81. The smallest absolute Gasteiger partial charge is 0.254 e. The topological polar surface area (TPSA) is 49.4 Å². The summed E-state index contributed by atoms with van der Waals surface area (Å²) in [6.07, 6.45) is 4.15. The van der Waals surface area contributed by atoms with E-state index < -0.39 is 0 Å². The lowest BCUT2D eigenvalue weighted by Gasteiger charge is -2.42. The number of carbonyl (C=O) groups excluding carboxylic acids is 2. The van der Waals surface area contributed by atoms with Gasteiger partial charge in [-0.15, -0.1) is 0 Å². The van der Waals surface area contributed by atoms with E-state index in [-0.39, 0.29) is 29.8 Å². The van der Waals surface area contributed by atoms with E-state index in [1.54, 1.807) is 0 Å². The average molecular weight is 360 g/mol. The molecule has 0 spiro atoms. The molecule has 2 aromatic carbocycles. The van der Waals surface area contributed by atoms with Crippen LogP contribution in [-0.2, 0) is 4.79 Å². The van der Waals surface area contributed by atoms with E-state index in [0.717, 1.165) is 42.4 Å². The third kappa shape index (κ3) is 2.93. The molecule has 4 heteroatoms. The number of benzene rings is 2. The third-order valence-electron chi connectivity index (χ3n) is 5.91. The summed E-state index contributed by atoms with van der Waals surface area (Å²) < 4.78 is 0. The maximum atomic E-state index is 13.4. The molecule has 2 atom stereocenters. The van der Waals surface area contributed by atoms with Gasteiger partial charge in [-0.3, -0.25) is 9.59 Å². The van der Waals surface area contributed by atoms with Crippen molar-refractivity contribution < 1.29 is 9.59 Å². The van der Waals surface area contributed by atoms with Crippen molar-refractivity contribution in [3.05, 3.63) is 70.8 Å². The van der Waals surface area contributed by atoms with E-state index in [2.05, 4.69) is 30.4 Å². The first kappa shape index (κ1) is 16.5. The number of hydrogen-bond acceptors (Lipinski definition) is 2. The van der Waals surface area contributed by atoms with Crippen LogP contribution in [0.2, 0.25) is 0 Å². The molecule has 0 saturated heterocycles. The molecule has 2 aromatic rings. The van der Waals surface area contributed by atoms with Crippen LogP contribution >= 0.6 is 0 Å². The Bertz CT molecular complexity index is 914. The van der Waals surface area contributed by atoms with Crippen LogP contribution in [0.25, 0.3) is 0 Å². The fraction of sp³-hybridized carbons (Fsp3) is 0.391. The van der Waals surface area contributed by atoms with Gasteiger partial charge in [-0.05, 0) is 49.8 Å². The van der Waals surface area contributed by atoms with Gasteiger partial charge in [-0.25, -0.2) is 0 Å². The van der Waals surface area contributed by atoms with Gasteiger partial charge in [0.05, 0.1) is 12.0 Å². The highest BCUT2D eigenvalue weighted by Crippen LogP contribution is 2.48. The standard InChI is InChI=1S/C23H24N2O2/c1-14-5-4-6-15(13-14)21-20(22(26)24-16-9-10-16)18-7-2-3-8-19(18)23(27)25(21)17-11-12-17/h2-8,13,16-17,20-21H,9-12H2,1H3,(H,24,26)/t20-,21+/m1/s1. The molecule has 27 heavy (non-hydrogen) atoms. The normalized spacial score (nSPS) is 24.5. The molecule has 4 nitrogen and oxygen atoms in total. The zero-order valence-corrected chi connectivity index (χ0v) is 15.5. The Morgan fingerprint density at radius 1 is 1.04 bits per heavy atom. The lowest BCUT2D eigenvalue weighted by atomic mass is 9.78. The van der Waals surface area contributed by atoms with Gasteiger partial charge in [-0.1, -0.05) is 48.0 Å². The van der Waals surface area contributed by atoms with Gasteiger partial charge in [-0.2, -0.15) is 0 Å². The summed E-state index contributed by atoms with van der Waals surface area (Å²) in [5, 5.41) is 3.20. The molecule has 0 aromatic heterocycles. The first-order valence-corrected chi connectivity index (χ1v) is 9.92. The second-order valence-corrected chi connectivity index (χ2v) is 8.15. The van der Waals surface area contributed by atoms with Gasteiger partial charge in [0.1, 0.15) is 0 Å². The number of aryl methyl sites for hydroxylation is 1. The van der Waals surface area contributed by atoms with Crippen LogP contribution in [0.5, 0.6) is 0 Å². The van der Waals surface area contributed by atoms with Crippen LogP contribution in [0.1, 0.15) is 64.7 Å². The largest absolute Gasteiger partial charge is 0.353 e. The van der Waals surface area contributed by atoms with Gasteiger partial charge in [0.25, 0.3) is 5.91 Å². The molecule has 0 bridgehead atoms. The molecule has 1 heterocycles. The molecule has 2 amide bonds. The first-order valence-electron chi connectivity index (χ1n) is 9.92. The highest BCUT2D eigenvalue weighted by atomic mass is 16.2. The number of nitrogens with one attached hydrogen (secondary N) is 1. The summed E-state index contributed by atoms with van der Waals surface area (Å²) in [5.74, 6) is -0.244. The van der Waals surface area contributed by atoms with Crippen molar-refractivity contribution in [3.8, 4) is 0 Å². The van der Waals surface area contributed by atoms with Crippen molar-refractivity contribution in [3.63, 3.8) is 0 Å². The maximum Gasteiger partial charge on any atom is 0.254 e. The molecule has 3 aliphatic rings. The van der Waals surface area contributed by atoms with Crippen LogP contribution in [-0.4, -0.2) is 28.8 Å². The molecule has 0 radical (unpaired) electrons. The third-order valence-corrected chi connectivity index (χ3v) is 5.91. The minimum atomic E-state index is -0.359. The highest BCUT2D eigenvalue weighted by molar-refractivity contribution is 6.01. The summed E-state index contributed by atoms with van der Waals surface area (Å²) in [5.41, 5.74) is 3.75. The lowest BCUT2D eigenvalue weighted by molar-refractivity contribution is -0.124. The minimum Gasteiger partial charge on any atom is -0.353 e. The van der Waals surface area contributed by atoms with Gasteiger partial charge in [0.15, 0.2) is 0 Å². The number of amides is 2. The van der Waals surface area contributed by atoms with E-state index >= 15 is 0 Å². The van der Waals surface area contributed by atoms with E-state index in [0.29, 0.717) is 11.6 Å². The number of hydrogen-bond donors (Lipinski definition) is 1. The van der Waals surface area contributed by atoms with E-state index in [9.17, 15) is 9.59 Å². The molecule has 0 unspecified atom stereocenters. The Balaban J connectivity index is 1.67. The van der Waals surface area contributed by atoms with Crippen molar-refractivity contribution in [1.29, 1.82) is 0 Å². The second-order valence-electron chi connectivity index (χ2n) is 8.15. The Morgan fingerprint density at radius 2 is 1.81 bits per heavy atom. The summed E-state index contributed by atoms with van der Waals surface area (Å²) in [4.78, 5) is 28.7. The van der Waals surface area contributed by atoms with Crippen LogP contribution in [0, 0.1) is 6.92 Å². The Labute approximate surface area is 159 Å². The maximum absolute atomic E-state index is 13.4. The number of nitrogens with zero attached hydrogens (tertiary/aromatic N) is 1. The zero-order valence-electron chi connectivity index (χ0n) is 15.5. The predicted molar refractivity (Wildman–Crippen MR) is 103 cm³/mol. The molecule has 5 rings (SSSR count). The minimum absolute atomic E-state index is 0.0506. The highest BCUT2D eigenvalue weighted by Gasteiger charge is 2.49. The van der Waals surface area contributed by atoms with Crippen molar-refractivity contribution in [2.24, 2.45) is 0 Å². The fourth-order valence-electron chi connectivity index (χ4n) is 4.32. The summed E-state index contributed by atoms with van der Waals surface area (Å²) in [6.45, 7) is 2.06. The average Bonchev–Trinajstić information content (AvgIpc) is 3.56. The summed E-state index contributed by atoms with van der Waals surface area (Å²) >= 11 is 0. The van der Waals surface area contributed by atoms with E-state index in [1.165, 1.54) is 0 Å². The zero-order chi connectivity index (χ0) is 18.5. The molecule has 2 aliphatic carbocycles. The van der Waals surface area contributed by atoms with Crippen LogP contribution in [0.15, 0.2) is 48.5 Å². The molecular formula is C23H24N2O2. The predicted octanol–water partition coefficient (Wildman–Crippen LogP) is 3.72. The summed E-state index contributed by atoms with van der Waals surface area (Å²) in [6, 6.07) is 16.2. The van der Waals surface area contributed by atoms with Gasteiger partial charge in [0, 0.05) is 17.6 Å². The van der Waals surface area contributed by atoms with Crippen molar-refractivity contribution in [2.45, 2.75) is 56.7 Å². The van der Waals surface area contributed by atoms with Crippen LogP contribution in [0.4, 0.5) is 0 Å². The first-order chi connectivity index (χ1) is 13.1. The number of rotatable bonds is 4. The molecule has 1 N–H and O–H groups in total. The summed E-state index contributed by atoms with van der Waals surface area (Å²) in [7, 11) is 0. The van der Waals surface area contributed by atoms with Crippen LogP contribution in [0.3, 0.4) is 0 Å². The lowest BCUT2D eigenvalue weighted by Crippen LogP contribution is -2.48. The monoisotopic (exact) mass is 360 g/mol. The molecular weight excluding hydrogens is 336 g/mol. The van der Waals surface area contributed by atoms with Gasteiger partial charge >= 0.3 is 0 Å². The van der Waals surface area contributed by atoms with Crippen molar-refractivity contribution in [2.75, 3.05) is 0 Å². The van der Waals surface area contributed by atoms with Gasteiger partial charge < -0.3 is 10.2 Å². The van der Waals surface area contributed by atoms with Crippen molar-refractivity contribution in [1.82, 2.24) is 10.2 Å². The van der Waals surface area contributed by atoms with Gasteiger partial charge in [0.2, 0.25) is 5.91 Å². The number of fused-ring (bicyclic) bond motifs is 1. The molecule has 2 fully saturated rings. The fourth-order valence-corrected chi connectivity index (χ4v) is 4.32. The molecule has 138 valence electrons. The Morgan fingerprint density at radius 3 is 2.52 bits per heavy atom. The van der Waals surface area contributed by atoms with Crippen molar-refractivity contribution >= 4 is 11.8 Å². The van der Waals surface area contributed by atoms with E-state index in [1.807, 2.05) is 35.2 Å². The molecule has 1 aliphatic heterocycles. The quantitative estimate of drug-likeness (QED) is 0.903. The van der Waals surface area contributed by atoms with Crippen LogP contribution < -0.4 is 5.32 Å². The second kappa shape index (κ2) is 6.22. The molecule has 2 saturated carbocycles. The van der Waals surface area contributed by atoms with E-state index in [4.69, 9.17) is 0 Å². The SMILES string of the molecule is Cc1cccc([C@H]2[C@H](C(=O)NC3CC3)c3ccccc3C(=O)N2C2CC2)c1.